The number of oxazole rings is 1. The lowest BCUT2D eigenvalue weighted by Crippen LogP contribution is -2.14. The number of rotatable bonds is 16. The first-order chi connectivity index (χ1) is 54.9. The van der Waals surface area contributed by atoms with E-state index in [1.54, 1.807) is 61.1 Å². The number of aryl methyl sites for hydroxylation is 3. The highest BCUT2D eigenvalue weighted by Crippen LogP contribution is 2.36. The Balaban J connectivity index is 0.000000134. The molecule has 0 aliphatic carbocycles. The van der Waals surface area contributed by atoms with Gasteiger partial charge in [-0.25, -0.2) is 15.0 Å². The maximum atomic E-state index is 12.8. The molecule has 0 spiro atoms. The SMILES string of the molecule is Cc1ccoc1C(=O)Nc1nn(Cc2ccc(C(F)(F)F)cc2)c2ccccc12.Cc1ocnc1C(=O)Nc1nn(Cc2ccc(C(F)(F)F)cc2)c2ccccc12.Cc1scnc1C(=O)Nc1nn(Cc2ccc(C(F)(F)F)cc2)c2ccccc12.O=C(Nc1nn(Cc2ccc(C(F)(F)F)cc2)c2ccccc12)c1cscn1. The van der Waals surface area contributed by atoms with Crippen LogP contribution in [-0.4, -0.2) is 77.7 Å². The predicted molar refractivity (Wildman–Crippen MR) is 407 cm³/mol. The van der Waals surface area contributed by atoms with Crippen LogP contribution in [0.1, 0.15) is 103 Å². The Labute approximate surface area is 650 Å². The number of furan rings is 1. The van der Waals surface area contributed by atoms with Crippen LogP contribution in [0.2, 0.25) is 0 Å². The smallest absolute Gasteiger partial charge is 0.416 e. The molecule has 115 heavy (non-hydrogen) atoms. The fourth-order valence-electron chi connectivity index (χ4n) is 11.9. The molecule has 16 aromatic rings. The van der Waals surface area contributed by atoms with Crippen LogP contribution in [0.25, 0.3) is 43.6 Å². The first-order valence-electron chi connectivity index (χ1n) is 34.3. The number of amides is 4. The number of hydrogen-bond acceptors (Lipinski definition) is 15. The number of carbonyl (C=O) groups excluding carboxylic acids is 4. The van der Waals surface area contributed by atoms with Gasteiger partial charge >= 0.3 is 24.7 Å². The highest BCUT2D eigenvalue weighted by atomic mass is 32.1. The topological polar surface area (TPSA) is 253 Å². The maximum Gasteiger partial charge on any atom is 0.416 e. The molecule has 0 unspecified atom stereocenters. The fourth-order valence-corrected chi connectivity index (χ4v) is 13.0. The minimum Gasteiger partial charge on any atom is -0.459 e. The van der Waals surface area contributed by atoms with Crippen molar-refractivity contribution in [1.29, 1.82) is 0 Å². The normalized spacial score (nSPS) is 11.7. The number of carbonyl (C=O) groups is 4. The number of fused-ring (bicyclic) bond motifs is 4. The first-order valence-corrected chi connectivity index (χ1v) is 36.2. The summed E-state index contributed by atoms with van der Waals surface area (Å²) in [6.07, 6.45) is -14.9. The van der Waals surface area contributed by atoms with Crippen LogP contribution < -0.4 is 21.3 Å². The van der Waals surface area contributed by atoms with Crippen molar-refractivity contribution in [2.24, 2.45) is 0 Å². The Bertz CT molecular complexity index is 5690. The van der Waals surface area contributed by atoms with Gasteiger partial charge < -0.3 is 30.1 Å². The van der Waals surface area contributed by atoms with Gasteiger partial charge in [0.25, 0.3) is 23.6 Å². The minimum absolute atomic E-state index is 0.159. The largest absolute Gasteiger partial charge is 0.459 e. The Hall–Kier alpha value is -13.6. The molecule has 0 bridgehead atoms. The van der Waals surface area contributed by atoms with Gasteiger partial charge in [0.15, 0.2) is 41.1 Å². The second kappa shape index (κ2) is 33.4. The summed E-state index contributed by atoms with van der Waals surface area (Å²) in [6, 6.07) is 50.6. The molecule has 0 aliphatic rings. The van der Waals surface area contributed by atoms with Crippen molar-refractivity contribution >= 4 is 113 Å². The summed E-state index contributed by atoms with van der Waals surface area (Å²) < 4.78 is 170. The minimum atomic E-state index is -4.38. The van der Waals surface area contributed by atoms with Crippen molar-refractivity contribution < 1.29 is 80.7 Å². The standard InChI is InChI=1S/C21H16F3N3O2.C20H15F3N4O2.C20H15F3N4OS.C19H13F3N4OS/c1-13-10-11-29-18(13)20(28)25-19-16-4-2-3-5-17(16)27(26-19)12-14-6-8-15(9-7-14)21(22,23)24;2*1-12-17(24-11-29-12)19(28)25-18-15-4-2-3-5-16(15)27(26-18)10-13-6-8-14(9-7-13)20(21,22)23;20-19(21,22)13-7-5-12(6-8-13)9-26-16-4-2-1-3-14(16)17(25-26)24-18(27)15-10-28-11-23-15/h2-11H,12H2,1H3,(H,25,26,28);2*2-9,11H,10H2,1H3,(H,25,26,28);1-8,10-11H,9H2,(H,24,25,27). The molecule has 4 amide bonds. The summed E-state index contributed by atoms with van der Waals surface area (Å²) in [5.74, 6) is 0.430. The number of anilines is 4. The van der Waals surface area contributed by atoms with Crippen LogP contribution in [-0.2, 0) is 50.9 Å². The monoisotopic (exact) mass is 1620 g/mol. The van der Waals surface area contributed by atoms with Gasteiger partial charge in [0, 0.05) is 37.4 Å². The first kappa shape index (κ1) is 79.5. The van der Waals surface area contributed by atoms with Crippen LogP contribution in [0.5, 0.6) is 0 Å². The number of thiazole rings is 2. The predicted octanol–water partition coefficient (Wildman–Crippen LogP) is 19.8. The van der Waals surface area contributed by atoms with Gasteiger partial charge in [-0.1, -0.05) is 97.1 Å². The van der Waals surface area contributed by atoms with E-state index in [1.165, 1.54) is 83.9 Å². The van der Waals surface area contributed by atoms with Crippen molar-refractivity contribution in [1.82, 2.24) is 54.1 Å². The lowest BCUT2D eigenvalue weighted by atomic mass is 10.1. The van der Waals surface area contributed by atoms with Crippen LogP contribution in [0.3, 0.4) is 0 Å². The third-order valence-electron chi connectivity index (χ3n) is 17.7. The lowest BCUT2D eigenvalue weighted by Gasteiger charge is -2.08. The average Bonchev–Trinajstić information content (AvgIpc) is 1.66. The van der Waals surface area contributed by atoms with Crippen molar-refractivity contribution in [3.8, 4) is 0 Å². The van der Waals surface area contributed by atoms with E-state index in [-0.39, 0.29) is 49.4 Å². The number of aromatic nitrogens is 11. The summed E-state index contributed by atoms with van der Waals surface area (Å²) in [4.78, 5) is 62.5. The van der Waals surface area contributed by atoms with E-state index in [2.05, 4.69) is 56.6 Å². The second-order valence-electron chi connectivity index (χ2n) is 25.5. The van der Waals surface area contributed by atoms with Crippen molar-refractivity contribution in [3.63, 3.8) is 0 Å². The number of nitrogens with one attached hydrogen (secondary N) is 4. The van der Waals surface area contributed by atoms with E-state index >= 15 is 0 Å². The molecular weight excluding hydrogens is 1560 g/mol. The van der Waals surface area contributed by atoms with Crippen molar-refractivity contribution in [3.05, 3.63) is 313 Å². The number of hydrogen-bond donors (Lipinski definition) is 4. The molecule has 0 aliphatic heterocycles. The molecule has 0 radical (unpaired) electrons. The molecule has 8 aromatic carbocycles. The highest BCUT2D eigenvalue weighted by molar-refractivity contribution is 7.09. The van der Waals surface area contributed by atoms with Gasteiger partial charge in [-0.3, -0.25) is 37.9 Å². The molecular formula is C80H59F12N15O6S2. The van der Waals surface area contributed by atoms with E-state index in [1.807, 2.05) is 97.9 Å². The van der Waals surface area contributed by atoms with Crippen LogP contribution in [0.4, 0.5) is 76.0 Å². The summed E-state index contributed by atoms with van der Waals surface area (Å²) in [5, 5.41) is 33.3. The van der Waals surface area contributed by atoms with Gasteiger partial charge in [0.2, 0.25) is 0 Å². The van der Waals surface area contributed by atoms with Crippen molar-refractivity contribution in [2.45, 2.75) is 71.7 Å². The summed E-state index contributed by atoms with van der Waals surface area (Å²) in [7, 11) is 0. The van der Waals surface area contributed by atoms with Gasteiger partial charge in [-0.15, -0.1) is 22.7 Å². The van der Waals surface area contributed by atoms with E-state index in [9.17, 15) is 71.9 Å². The number of para-hydroxylation sites is 4. The fraction of sp³-hybridized carbons (Fsp3) is 0.138. The quantitative estimate of drug-likeness (QED) is 0.0658. The average molecular weight is 1620 g/mol. The summed E-state index contributed by atoms with van der Waals surface area (Å²) >= 11 is 2.69. The molecule has 8 heterocycles. The highest BCUT2D eigenvalue weighted by Gasteiger charge is 2.34. The van der Waals surface area contributed by atoms with Crippen LogP contribution in [0.15, 0.2) is 238 Å². The molecule has 0 saturated heterocycles. The summed E-state index contributed by atoms with van der Waals surface area (Å²) in [5.41, 5.74) is 7.52. The number of halogens is 12. The Morgan fingerprint density at radius 2 is 0.704 bits per heavy atom. The molecule has 586 valence electrons. The van der Waals surface area contributed by atoms with Crippen LogP contribution >= 0.6 is 22.7 Å². The van der Waals surface area contributed by atoms with Crippen LogP contribution in [0, 0.1) is 20.8 Å². The molecule has 35 heteroatoms. The zero-order chi connectivity index (χ0) is 81.5. The molecule has 0 fully saturated rings. The van der Waals surface area contributed by atoms with Crippen molar-refractivity contribution in [2.75, 3.05) is 21.3 Å². The van der Waals surface area contributed by atoms with Gasteiger partial charge in [-0.2, -0.15) is 73.1 Å². The number of alkyl halides is 12. The lowest BCUT2D eigenvalue weighted by molar-refractivity contribution is -0.138. The Morgan fingerprint density at radius 1 is 0.374 bits per heavy atom. The zero-order valence-electron chi connectivity index (χ0n) is 60.0. The number of nitrogens with zero attached hydrogens (tertiary/aromatic N) is 11. The molecule has 21 nitrogen and oxygen atoms in total. The number of benzene rings is 8. The van der Waals surface area contributed by atoms with Gasteiger partial charge in [-0.05, 0) is 146 Å². The molecule has 4 N–H and O–H groups in total. The Morgan fingerprint density at radius 3 is 0.991 bits per heavy atom. The summed E-state index contributed by atoms with van der Waals surface area (Å²) in [6.45, 7) is 6.25. The third-order valence-corrected chi connectivity index (χ3v) is 19.0. The Kier molecular flexibility index (Phi) is 23.1. The van der Waals surface area contributed by atoms with E-state index in [0.29, 0.717) is 73.6 Å². The second-order valence-corrected chi connectivity index (χ2v) is 27.3. The molecule has 0 atom stereocenters. The molecule has 0 saturated carbocycles. The molecule has 16 rings (SSSR count). The maximum absolute atomic E-state index is 12.8. The zero-order valence-corrected chi connectivity index (χ0v) is 61.6. The van der Waals surface area contributed by atoms with E-state index < -0.39 is 58.8 Å². The van der Waals surface area contributed by atoms with Gasteiger partial charge in [0.1, 0.15) is 17.1 Å². The van der Waals surface area contributed by atoms with E-state index in [0.717, 1.165) is 91.6 Å². The molecule has 8 aromatic heterocycles. The van der Waals surface area contributed by atoms with E-state index in [4.69, 9.17) is 8.83 Å². The van der Waals surface area contributed by atoms with Gasteiger partial charge in [0.05, 0.1) is 87.8 Å². The third kappa shape index (κ3) is 18.8.